The molecule has 2 rings (SSSR count). The smallest absolute Gasteiger partial charge is 0.146 e. The molecule has 0 aliphatic heterocycles. The summed E-state index contributed by atoms with van der Waals surface area (Å²) >= 11 is 0. The van der Waals surface area contributed by atoms with E-state index in [0.29, 0.717) is 6.42 Å². The fourth-order valence-electron chi connectivity index (χ4n) is 1.55. The molecular formula is C13H12FN. The highest BCUT2D eigenvalue weighted by Gasteiger charge is 2.04. The Labute approximate surface area is 88.4 Å². The van der Waals surface area contributed by atoms with Gasteiger partial charge in [-0.25, -0.2) is 4.39 Å². The van der Waals surface area contributed by atoms with Crippen LogP contribution in [0.5, 0.6) is 0 Å². The van der Waals surface area contributed by atoms with Gasteiger partial charge in [-0.05, 0) is 23.6 Å². The summed E-state index contributed by atoms with van der Waals surface area (Å²) in [4.78, 5) is 0. The van der Waals surface area contributed by atoms with Gasteiger partial charge in [0.15, 0.2) is 0 Å². The second-order valence-electron chi connectivity index (χ2n) is 3.48. The molecule has 0 spiro atoms. The zero-order valence-corrected chi connectivity index (χ0v) is 8.28. The van der Waals surface area contributed by atoms with Gasteiger partial charge in [0.25, 0.3) is 0 Å². The third-order valence-electron chi connectivity index (χ3n) is 2.38. The molecule has 1 nitrogen and oxygen atoms in total. The van der Waals surface area contributed by atoms with Crippen molar-refractivity contribution in [3.05, 3.63) is 65.5 Å². The Morgan fingerprint density at radius 2 is 1.67 bits per heavy atom. The highest BCUT2D eigenvalue weighted by molar-refractivity contribution is 5.49. The van der Waals surface area contributed by atoms with Gasteiger partial charge in [0.2, 0.25) is 0 Å². The fraction of sp³-hybridized carbons (Fsp3) is 0.0769. The van der Waals surface area contributed by atoms with E-state index in [1.807, 2.05) is 36.4 Å². The van der Waals surface area contributed by atoms with Gasteiger partial charge < -0.3 is 5.73 Å². The molecule has 0 amide bonds. The molecule has 0 saturated heterocycles. The molecule has 0 bridgehead atoms. The Morgan fingerprint density at radius 3 is 2.40 bits per heavy atom. The molecule has 2 aromatic rings. The Bertz CT molecular complexity index is 451. The van der Waals surface area contributed by atoms with E-state index in [9.17, 15) is 4.39 Å². The number of benzene rings is 2. The lowest BCUT2D eigenvalue weighted by molar-refractivity contribution is 0.631. The lowest BCUT2D eigenvalue weighted by Crippen LogP contribution is -1.98. The third kappa shape index (κ3) is 2.15. The average molecular weight is 201 g/mol. The van der Waals surface area contributed by atoms with Crippen LogP contribution >= 0.6 is 0 Å². The van der Waals surface area contributed by atoms with Crippen molar-refractivity contribution in [1.82, 2.24) is 0 Å². The van der Waals surface area contributed by atoms with Crippen molar-refractivity contribution in [2.24, 2.45) is 0 Å². The molecule has 2 N–H and O–H groups in total. The molecule has 0 heterocycles. The number of hydrogen-bond donors (Lipinski definition) is 1. The molecular weight excluding hydrogens is 189 g/mol. The Morgan fingerprint density at radius 1 is 0.933 bits per heavy atom. The van der Waals surface area contributed by atoms with E-state index in [1.165, 1.54) is 6.07 Å². The predicted molar refractivity (Wildman–Crippen MR) is 60.1 cm³/mol. The van der Waals surface area contributed by atoms with E-state index in [1.54, 1.807) is 6.07 Å². The van der Waals surface area contributed by atoms with E-state index >= 15 is 0 Å². The molecule has 0 saturated carbocycles. The topological polar surface area (TPSA) is 26.0 Å². The minimum atomic E-state index is -0.344. The van der Waals surface area contributed by atoms with E-state index in [4.69, 9.17) is 5.73 Å². The maximum absolute atomic E-state index is 13.2. The van der Waals surface area contributed by atoms with Crippen LogP contribution in [0.4, 0.5) is 10.1 Å². The molecule has 15 heavy (non-hydrogen) atoms. The van der Waals surface area contributed by atoms with Crippen molar-refractivity contribution in [3.63, 3.8) is 0 Å². The van der Waals surface area contributed by atoms with Gasteiger partial charge in [0.05, 0.1) is 5.69 Å². The van der Waals surface area contributed by atoms with Crippen molar-refractivity contribution in [2.45, 2.75) is 6.42 Å². The van der Waals surface area contributed by atoms with E-state index in [2.05, 4.69) is 0 Å². The first-order valence-electron chi connectivity index (χ1n) is 4.84. The summed E-state index contributed by atoms with van der Waals surface area (Å²) in [7, 11) is 0. The average Bonchev–Trinajstić information content (AvgIpc) is 2.26. The summed E-state index contributed by atoms with van der Waals surface area (Å²) < 4.78 is 13.2. The standard InChI is InChI=1S/C13H12FN/c14-12-8-4-7-11(13(12)15)9-10-5-2-1-3-6-10/h1-8H,9,15H2. The molecule has 2 heteroatoms. The van der Waals surface area contributed by atoms with Gasteiger partial charge in [0, 0.05) is 0 Å². The Balaban J connectivity index is 2.29. The number of anilines is 1. The number of nitrogen functional groups attached to an aromatic ring is 1. The summed E-state index contributed by atoms with van der Waals surface area (Å²) in [6.45, 7) is 0. The number of para-hydroxylation sites is 1. The molecule has 0 aliphatic rings. The van der Waals surface area contributed by atoms with Crippen LogP contribution < -0.4 is 5.73 Å². The summed E-state index contributed by atoms with van der Waals surface area (Å²) in [6.07, 6.45) is 0.671. The molecule has 0 radical (unpaired) electrons. The Kier molecular flexibility index (Phi) is 2.68. The Hall–Kier alpha value is -1.83. The third-order valence-corrected chi connectivity index (χ3v) is 2.38. The van der Waals surface area contributed by atoms with E-state index < -0.39 is 0 Å². The van der Waals surface area contributed by atoms with E-state index in [0.717, 1.165) is 11.1 Å². The number of nitrogens with two attached hydrogens (primary N) is 1. The minimum absolute atomic E-state index is 0.251. The van der Waals surface area contributed by atoms with Crippen molar-refractivity contribution in [1.29, 1.82) is 0 Å². The van der Waals surface area contributed by atoms with Gasteiger partial charge in [-0.3, -0.25) is 0 Å². The molecule has 0 aromatic heterocycles. The van der Waals surface area contributed by atoms with Crippen LogP contribution in [0.1, 0.15) is 11.1 Å². The highest BCUT2D eigenvalue weighted by atomic mass is 19.1. The van der Waals surface area contributed by atoms with E-state index in [-0.39, 0.29) is 11.5 Å². The number of halogens is 1. The zero-order valence-electron chi connectivity index (χ0n) is 8.28. The first kappa shape index (κ1) is 9.71. The number of hydrogen-bond acceptors (Lipinski definition) is 1. The van der Waals surface area contributed by atoms with Gasteiger partial charge >= 0.3 is 0 Å². The maximum atomic E-state index is 13.2. The van der Waals surface area contributed by atoms with Crippen molar-refractivity contribution in [2.75, 3.05) is 5.73 Å². The first-order chi connectivity index (χ1) is 7.27. The maximum Gasteiger partial charge on any atom is 0.146 e. The lowest BCUT2D eigenvalue weighted by atomic mass is 10.0. The SMILES string of the molecule is Nc1c(F)cccc1Cc1ccccc1. The molecule has 2 aromatic carbocycles. The molecule has 76 valence electrons. The normalized spacial score (nSPS) is 10.2. The van der Waals surface area contributed by atoms with Crippen molar-refractivity contribution < 1.29 is 4.39 Å². The zero-order chi connectivity index (χ0) is 10.7. The van der Waals surface area contributed by atoms with Crippen molar-refractivity contribution >= 4 is 5.69 Å². The molecule has 0 unspecified atom stereocenters. The van der Waals surface area contributed by atoms with Gasteiger partial charge in [0.1, 0.15) is 5.82 Å². The van der Waals surface area contributed by atoms with Crippen LogP contribution in [0.2, 0.25) is 0 Å². The summed E-state index contributed by atoms with van der Waals surface area (Å²) in [5.74, 6) is -0.344. The quantitative estimate of drug-likeness (QED) is 0.742. The lowest BCUT2D eigenvalue weighted by Gasteiger charge is -2.06. The van der Waals surface area contributed by atoms with Crippen LogP contribution in [0.25, 0.3) is 0 Å². The minimum Gasteiger partial charge on any atom is -0.396 e. The van der Waals surface area contributed by atoms with Crippen LogP contribution in [0.15, 0.2) is 48.5 Å². The molecule has 0 fully saturated rings. The van der Waals surface area contributed by atoms with Crippen LogP contribution in [0.3, 0.4) is 0 Å². The van der Waals surface area contributed by atoms with Crippen LogP contribution in [-0.2, 0) is 6.42 Å². The monoisotopic (exact) mass is 201 g/mol. The fourth-order valence-corrected chi connectivity index (χ4v) is 1.55. The van der Waals surface area contributed by atoms with Crippen molar-refractivity contribution in [3.8, 4) is 0 Å². The molecule has 0 aliphatic carbocycles. The highest BCUT2D eigenvalue weighted by Crippen LogP contribution is 2.19. The van der Waals surface area contributed by atoms with Gasteiger partial charge in [-0.15, -0.1) is 0 Å². The predicted octanol–water partition coefficient (Wildman–Crippen LogP) is 3.00. The number of rotatable bonds is 2. The molecule has 0 atom stereocenters. The van der Waals surface area contributed by atoms with Crippen LogP contribution in [-0.4, -0.2) is 0 Å². The second kappa shape index (κ2) is 4.13. The summed E-state index contributed by atoms with van der Waals surface area (Å²) in [6, 6.07) is 14.8. The van der Waals surface area contributed by atoms with Gasteiger partial charge in [-0.1, -0.05) is 42.5 Å². The summed E-state index contributed by atoms with van der Waals surface area (Å²) in [5.41, 5.74) is 7.88. The second-order valence-corrected chi connectivity index (χ2v) is 3.48. The van der Waals surface area contributed by atoms with Crippen LogP contribution in [0, 0.1) is 5.82 Å². The largest absolute Gasteiger partial charge is 0.396 e. The van der Waals surface area contributed by atoms with Gasteiger partial charge in [-0.2, -0.15) is 0 Å². The summed E-state index contributed by atoms with van der Waals surface area (Å²) in [5, 5.41) is 0. The first-order valence-corrected chi connectivity index (χ1v) is 4.84.